The van der Waals surface area contributed by atoms with Crippen molar-refractivity contribution in [2.75, 3.05) is 5.32 Å². The summed E-state index contributed by atoms with van der Waals surface area (Å²) < 4.78 is 3.16. The molecule has 0 bridgehead atoms. The topological polar surface area (TPSA) is 110 Å². The number of carbonyl (C=O) groups is 1. The van der Waals surface area contributed by atoms with Crippen LogP contribution in [0, 0.1) is 0 Å². The minimum atomic E-state index is -0.394. The summed E-state index contributed by atoms with van der Waals surface area (Å²) in [6.45, 7) is 0. The first kappa shape index (κ1) is 15.9. The van der Waals surface area contributed by atoms with Crippen molar-refractivity contribution < 1.29 is 4.79 Å². The van der Waals surface area contributed by atoms with E-state index in [1.54, 1.807) is 64.2 Å². The van der Waals surface area contributed by atoms with Crippen molar-refractivity contribution in [1.29, 1.82) is 0 Å². The van der Waals surface area contributed by atoms with Crippen molar-refractivity contribution in [3.05, 3.63) is 83.2 Å². The molecule has 136 valence electrons. The van der Waals surface area contributed by atoms with Gasteiger partial charge in [-0.1, -0.05) is 12.1 Å². The van der Waals surface area contributed by atoms with Crippen molar-refractivity contribution in [1.82, 2.24) is 29.4 Å². The number of para-hydroxylation sites is 1. The minimum absolute atomic E-state index is 0.263. The number of nitrogens with zero attached hydrogens (tertiary/aromatic N) is 5. The lowest BCUT2D eigenvalue weighted by molar-refractivity contribution is 0.102. The highest BCUT2D eigenvalue weighted by atomic mass is 16.2. The second-order valence-corrected chi connectivity index (χ2v) is 6.10. The van der Waals surface area contributed by atoms with Gasteiger partial charge in [0.15, 0.2) is 5.82 Å². The van der Waals surface area contributed by atoms with Gasteiger partial charge in [0.25, 0.3) is 11.5 Å². The van der Waals surface area contributed by atoms with Crippen molar-refractivity contribution in [2.24, 2.45) is 0 Å². The normalized spacial score (nSPS) is 11.1. The number of rotatable bonds is 3. The van der Waals surface area contributed by atoms with Crippen LogP contribution in [-0.2, 0) is 0 Å². The number of amides is 1. The predicted molar refractivity (Wildman–Crippen MR) is 103 cm³/mol. The molecule has 0 atom stereocenters. The van der Waals surface area contributed by atoms with Gasteiger partial charge in [-0.3, -0.25) is 9.59 Å². The number of hydrogen-bond donors (Lipinski definition) is 2. The maximum Gasteiger partial charge on any atom is 0.261 e. The third-order valence-corrected chi connectivity index (χ3v) is 4.37. The van der Waals surface area contributed by atoms with Crippen molar-refractivity contribution in [3.63, 3.8) is 0 Å². The second-order valence-electron chi connectivity index (χ2n) is 6.10. The first-order valence-electron chi connectivity index (χ1n) is 8.47. The number of anilines is 1. The van der Waals surface area contributed by atoms with E-state index in [0.29, 0.717) is 28.1 Å². The molecular weight excluding hydrogens is 358 g/mol. The molecule has 9 nitrogen and oxygen atoms in total. The molecule has 1 aromatic carbocycles. The van der Waals surface area contributed by atoms with Crippen LogP contribution in [0.25, 0.3) is 22.4 Å². The van der Waals surface area contributed by atoms with Crippen molar-refractivity contribution in [3.8, 4) is 5.82 Å². The van der Waals surface area contributed by atoms with Crippen LogP contribution in [0.15, 0.2) is 72.0 Å². The van der Waals surface area contributed by atoms with Gasteiger partial charge in [-0.15, -0.1) is 0 Å². The molecule has 28 heavy (non-hydrogen) atoms. The van der Waals surface area contributed by atoms with Gasteiger partial charge in [0, 0.05) is 12.4 Å². The summed E-state index contributed by atoms with van der Waals surface area (Å²) >= 11 is 0. The number of aromatic nitrogens is 6. The van der Waals surface area contributed by atoms with E-state index in [0.717, 1.165) is 0 Å². The molecule has 0 unspecified atom stereocenters. The van der Waals surface area contributed by atoms with Gasteiger partial charge in [0.1, 0.15) is 11.2 Å². The summed E-state index contributed by atoms with van der Waals surface area (Å²) in [5, 5.41) is 11.6. The van der Waals surface area contributed by atoms with Crippen LogP contribution in [0.1, 0.15) is 10.4 Å². The van der Waals surface area contributed by atoms with Crippen LogP contribution in [0.2, 0.25) is 0 Å². The van der Waals surface area contributed by atoms with E-state index in [4.69, 9.17) is 0 Å². The van der Waals surface area contributed by atoms with Crippen LogP contribution in [-0.4, -0.2) is 35.3 Å². The molecule has 0 spiro atoms. The minimum Gasteiger partial charge on any atom is -0.320 e. The smallest absolute Gasteiger partial charge is 0.261 e. The standard InChI is InChI=1S/C19H13N7O2/c27-18-13-4-1-2-5-15(13)26-17(24-18)14(11-22-26)19(28)23-12-6-7-16(20-10-12)25-9-3-8-21-25/h1-11H,(H,23,28)(H,24,27). The monoisotopic (exact) mass is 371 g/mol. The number of benzene rings is 1. The van der Waals surface area contributed by atoms with Gasteiger partial charge < -0.3 is 10.3 Å². The number of H-pyrrole nitrogens is 1. The zero-order chi connectivity index (χ0) is 19.1. The Hall–Kier alpha value is -4.27. The molecule has 5 aromatic rings. The highest BCUT2D eigenvalue weighted by Gasteiger charge is 2.16. The number of nitrogens with one attached hydrogen (secondary N) is 2. The maximum atomic E-state index is 12.7. The van der Waals surface area contributed by atoms with Crippen LogP contribution >= 0.6 is 0 Å². The van der Waals surface area contributed by atoms with Crippen LogP contribution in [0.5, 0.6) is 0 Å². The summed E-state index contributed by atoms with van der Waals surface area (Å²) in [5.41, 5.74) is 1.47. The Morgan fingerprint density at radius 1 is 1.04 bits per heavy atom. The SMILES string of the molecule is O=C(Nc1ccc(-n2cccn2)nc1)c1cnn2c1[nH]c(=O)c1ccccc12. The fraction of sp³-hybridized carbons (Fsp3) is 0. The Balaban J connectivity index is 1.49. The molecule has 1 amide bonds. The average Bonchev–Trinajstić information content (AvgIpc) is 3.39. The Bertz CT molecular complexity index is 1370. The van der Waals surface area contributed by atoms with Gasteiger partial charge in [-0.25, -0.2) is 14.2 Å². The summed E-state index contributed by atoms with van der Waals surface area (Å²) in [7, 11) is 0. The first-order chi connectivity index (χ1) is 13.7. The summed E-state index contributed by atoms with van der Waals surface area (Å²) in [4.78, 5) is 32.1. The molecule has 5 rings (SSSR count). The Kier molecular flexibility index (Phi) is 3.51. The third kappa shape index (κ3) is 2.53. The Morgan fingerprint density at radius 2 is 1.93 bits per heavy atom. The summed E-state index contributed by atoms with van der Waals surface area (Å²) in [6, 6.07) is 12.4. The average molecular weight is 371 g/mol. The lowest BCUT2D eigenvalue weighted by atomic mass is 10.2. The van der Waals surface area contributed by atoms with Crippen LogP contribution in [0.4, 0.5) is 5.69 Å². The largest absolute Gasteiger partial charge is 0.320 e. The number of aromatic amines is 1. The fourth-order valence-corrected chi connectivity index (χ4v) is 3.04. The molecule has 0 aliphatic rings. The Labute approximate surface area is 157 Å². The molecule has 0 fully saturated rings. The van der Waals surface area contributed by atoms with Gasteiger partial charge in [0.05, 0.1) is 29.0 Å². The fourth-order valence-electron chi connectivity index (χ4n) is 3.04. The van der Waals surface area contributed by atoms with Gasteiger partial charge in [-0.2, -0.15) is 10.2 Å². The second kappa shape index (κ2) is 6.16. The van der Waals surface area contributed by atoms with Crippen LogP contribution < -0.4 is 10.9 Å². The van der Waals surface area contributed by atoms with Crippen molar-refractivity contribution in [2.45, 2.75) is 0 Å². The molecule has 0 saturated carbocycles. The van der Waals surface area contributed by atoms with E-state index in [2.05, 4.69) is 25.5 Å². The number of fused-ring (bicyclic) bond motifs is 3. The lowest BCUT2D eigenvalue weighted by Crippen LogP contribution is -2.15. The summed E-state index contributed by atoms with van der Waals surface area (Å²) in [6.07, 6.45) is 6.41. The zero-order valence-electron chi connectivity index (χ0n) is 14.4. The quantitative estimate of drug-likeness (QED) is 0.504. The predicted octanol–water partition coefficient (Wildman–Crippen LogP) is 2.01. The number of carbonyl (C=O) groups excluding carboxylic acids is 1. The lowest BCUT2D eigenvalue weighted by Gasteiger charge is -2.06. The van der Waals surface area contributed by atoms with Crippen molar-refractivity contribution >= 4 is 28.1 Å². The molecule has 9 heteroatoms. The molecule has 4 aromatic heterocycles. The van der Waals surface area contributed by atoms with E-state index in [1.807, 2.05) is 6.07 Å². The maximum absolute atomic E-state index is 12.7. The van der Waals surface area contributed by atoms with Gasteiger partial charge in [-0.05, 0) is 30.3 Å². The van der Waals surface area contributed by atoms with E-state index in [9.17, 15) is 9.59 Å². The molecule has 2 N–H and O–H groups in total. The molecule has 0 aliphatic heterocycles. The van der Waals surface area contributed by atoms with Gasteiger partial charge in [0.2, 0.25) is 0 Å². The summed E-state index contributed by atoms with van der Waals surface area (Å²) in [5.74, 6) is 0.240. The third-order valence-electron chi connectivity index (χ3n) is 4.37. The van der Waals surface area contributed by atoms with Crippen LogP contribution in [0.3, 0.4) is 0 Å². The molecular formula is C19H13N7O2. The zero-order valence-corrected chi connectivity index (χ0v) is 14.4. The highest BCUT2D eigenvalue weighted by Crippen LogP contribution is 2.16. The molecule has 0 saturated heterocycles. The Morgan fingerprint density at radius 3 is 2.71 bits per heavy atom. The number of pyridine rings is 1. The molecule has 0 radical (unpaired) electrons. The van der Waals surface area contributed by atoms with E-state index in [-0.39, 0.29) is 11.1 Å². The van der Waals surface area contributed by atoms with E-state index in [1.165, 1.54) is 6.20 Å². The number of hydrogen-bond acceptors (Lipinski definition) is 5. The van der Waals surface area contributed by atoms with E-state index < -0.39 is 5.91 Å². The molecule has 0 aliphatic carbocycles. The molecule has 4 heterocycles. The highest BCUT2D eigenvalue weighted by molar-refractivity contribution is 6.08. The van der Waals surface area contributed by atoms with E-state index >= 15 is 0 Å². The first-order valence-corrected chi connectivity index (χ1v) is 8.47. The van der Waals surface area contributed by atoms with Gasteiger partial charge >= 0.3 is 0 Å².